The highest BCUT2D eigenvalue weighted by molar-refractivity contribution is 7.86. The second-order valence-electron chi connectivity index (χ2n) is 4.51. The van der Waals surface area contributed by atoms with Crippen LogP contribution in [0, 0.1) is 0 Å². The summed E-state index contributed by atoms with van der Waals surface area (Å²) in [7, 11) is -4.01. The first-order valence-electron chi connectivity index (χ1n) is 5.70. The van der Waals surface area contributed by atoms with Crippen molar-refractivity contribution in [1.82, 2.24) is 0 Å². The van der Waals surface area contributed by atoms with E-state index >= 15 is 0 Å². The Labute approximate surface area is 106 Å². The number of benzene rings is 2. The van der Waals surface area contributed by atoms with Gasteiger partial charge in [0, 0.05) is 0 Å². The van der Waals surface area contributed by atoms with E-state index in [1.54, 1.807) is 12.2 Å². The van der Waals surface area contributed by atoms with Gasteiger partial charge in [0.05, 0.1) is 0 Å². The maximum atomic E-state index is 11.2. The average Bonchev–Trinajstić information content (AvgIpc) is 2.34. The third kappa shape index (κ3) is 1.94. The molecule has 4 heteroatoms. The van der Waals surface area contributed by atoms with Crippen molar-refractivity contribution in [3.63, 3.8) is 0 Å². The summed E-state index contributed by atoms with van der Waals surface area (Å²) in [4.78, 5) is 0. The minimum absolute atomic E-state index is 0.329. The summed E-state index contributed by atoms with van der Waals surface area (Å²) in [5.74, 6) is 0. The fourth-order valence-corrected chi connectivity index (χ4v) is 3.00. The third-order valence-corrected chi connectivity index (χ3v) is 4.39. The Kier molecular flexibility index (Phi) is 2.50. The predicted molar refractivity (Wildman–Crippen MR) is 72.0 cm³/mol. The van der Waals surface area contributed by atoms with E-state index in [0.29, 0.717) is 6.42 Å². The molecule has 2 aromatic rings. The predicted octanol–water partition coefficient (Wildman–Crippen LogP) is 2.67. The lowest BCUT2D eigenvalue weighted by atomic mass is 9.94. The van der Waals surface area contributed by atoms with Gasteiger partial charge in [-0.25, -0.2) is 0 Å². The fourth-order valence-electron chi connectivity index (χ4n) is 2.34. The summed E-state index contributed by atoms with van der Waals surface area (Å²) in [5, 5.41) is 1.39. The molecule has 0 heterocycles. The zero-order valence-corrected chi connectivity index (χ0v) is 10.4. The van der Waals surface area contributed by atoms with Crippen LogP contribution in [0.25, 0.3) is 16.8 Å². The third-order valence-electron chi connectivity index (χ3n) is 3.30. The Morgan fingerprint density at radius 2 is 1.78 bits per heavy atom. The Hall–Kier alpha value is -1.65. The van der Waals surface area contributed by atoms with Crippen molar-refractivity contribution in [1.29, 1.82) is 0 Å². The van der Waals surface area contributed by atoms with E-state index < -0.39 is 15.4 Å². The molecule has 0 bridgehead atoms. The molecule has 1 aliphatic carbocycles. The minimum atomic E-state index is -4.01. The quantitative estimate of drug-likeness (QED) is 0.802. The van der Waals surface area contributed by atoms with E-state index in [1.807, 2.05) is 36.4 Å². The number of rotatable bonds is 1. The lowest BCUT2D eigenvalue weighted by Gasteiger charge is -2.17. The molecule has 1 N–H and O–H groups in total. The molecule has 1 unspecified atom stereocenters. The van der Waals surface area contributed by atoms with Gasteiger partial charge in [-0.1, -0.05) is 42.5 Å². The molecule has 0 aliphatic heterocycles. The Bertz CT molecular complexity index is 745. The van der Waals surface area contributed by atoms with Gasteiger partial charge in [-0.3, -0.25) is 4.55 Å². The first-order valence-corrected chi connectivity index (χ1v) is 7.20. The van der Waals surface area contributed by atoms with Crippen molar-refractivity contribution in [2.24, 2.45) is 0 Å². The van der Waals surface area contributed by atoms with Gasteiger partial charge in [-0.05, 0) is 34.4 Å². The topological polar surface area (TPSA) is 54.4 Å². The average molecular weight is 260 g/mol. The Morgan fingerprint density at radius 3 is 2.44 bits per heavy atom. The molecule has 2 aromatic carbocycles. The molecule has 18 heavy (non-hydrogen) atoms. The Morgan fingerprint density at radius 1 is 1.11 bits per heavy atom. The first-order chi connectivity index (χ1) is 8.54. The van der Waals surface area contributed by atoms with Crippen molar-refractivity contribution < 1.29 is 13.0 Å². The highest BCUT2D eigenvalue weighted by atomic mass is 32.2. The van der Waals surface area contributed by atoms with Crippen LogP contribution in [0.15, 0.2) is 42.5 Å². The summed E-state index contributed by atoms with van der Waals surface area (Å²) >= 11 is 0. The molecule has 92 valence electrons. The molecule has 1 aliphatic rings. The van der Waals surface area contributed by atoms with Gasteiger partial charge < -0.3 is 0 Å². The molecular weight excluding hydrogens is 248 g/mol. The lowest BCUT2D eigenvalue weighted by molar-refractivity contribution is 0.474. The van der Waals surface area contributed by atoms with Gasteiger partial charge in [0.15, 0.2) is 0 Å². The monoisotopic (exact) mass is 260 g/mol. The molecule has 0 radical (unpaired) electrons. The van der Waals surface area contributed by atoms with Crippen molar-refractivity contribution in [3.8, 4) is 0 Å². The SMILES string of the molecule is O=S(=O)(O)C1C=Cc2cc3ccccc3cc2C1. The minimum Gasteiger partial charge on any atom is -0.285 e. The van der Waals surface area contributed by atoms with Crippen LogP contribution in [0.3, 0.4) is 0 Å². The van der Waals surface area contributed by atoms with E-state index in [1.165, 1.54) is 0 Å². The molecule has 0 saturated heterocycles. The molecule has 3 rings (SSSR count). The summed E-state index contributed by atoms with van der Waals surface area (Å²) < 4.78 is 31.4. The smallest absolute Gasteiger partial charge is 0.271 e. The van der Waals surface area contributed by atoms with Crippen molar-refractivity contribution >= 4 is 27.0 Å². The van der Waals surface area contributed by atoms with E-state index in [-0.39, 0.29) is 0 Å². The molecule has 0 amide bonds. The molecular formula is C14H12O3S. The zero-order valence-electron chi connectivity index (χ0n) is 9.58. The normalized spacial score (nSPS) is 18.8. The Balaban J connectivity index is 2.14. The summed E-state index contributed by atoms with van der Waals surface area (Å²) in [6, 6.07) is 12.0. The lowest BCUT2D eigenvalue weighted by Crippen LogP contribution is -2.23. The van der Waals surface area contributed by atoms with Crippen LogP contribution in [0.4, 0.5) is 0 Å². The van der Waals surface area contributed by atoms with Gasteiger partial charge >= 0.3 is 0 Å². The van der Waals surface area contributed by atoms with E-state index in [9.17, 15) is 8.42 Å². The van der Waals surface area contributed by atoms with Gasteiger partial charge in [0.25, 0.3) is 10.1 Å². The van der Waals surface area contributed by atoms with E-state index in [4.69, 9.17) is 4.55 Å². The number of hydrogen-bond acceptors (Lipinski definition) is 2. The van der Waals surface area contributed by atoms with Crippen LogP contribution in [-0.4, -0.2) is 18.2 Å². The number of hydrogen-bond donors (Lipinski definition) is 1. The van der Waals surface area contributed by atoms with Gasteiger partial charge in [0.2, 0.25) is 0 Å². The summed E-state index contributed by atoms with van der Waals surface area (Å²) in [5.41, 5.74) is 1.98. The van der Waals surface area contributed by atoms with E-state index in [2.05, 4.69) is 0 Å². The molecule has 3 nitrogen and oxygen atoms in total. The standard InChI is InChI=1S/C14H12O3S/c15-18(16,17)14-6-5-12-7-10-3-1-2-4-11(10)8-13(12)9-14/h1-8,14H,9H2,(H,15,16,17). The second-order valence-corrected chi connectivity index (χ2v) is 6.15. The first kappa shape index (κ1) is 11.4. The van der Waals surface area contributed by atoms with Crippen molar-refractivity contribution in [2.75, 3.05) is 0 Å². The highest BCUT2D eigenvalue weighted by Crippen LogP contribution is 2.27. The molecule has 1 atom stereocenters. The zero-order chi connectivity index (χ0) is 12.8. The highest BCUT2D eigenvalue weighted by Gasteiger charge is 2.24. The van der Waals surface area contributed by atoms with Gasteiger partial charge in [-0.15, -0.1) is 0 Å². The molecule has 0 aromatic heterocycles. The van der Waals surface area contributed by atoms with Crippen LogP contribution in [0.5, 0.6) is 0 Å². The maximum Gasteiger partial charge on any atom is 0.271 e. The molecule has 0 saturated carbocycles. The van der Waals surface area contributed by atoms with Crippen LogP contribution >= 0.6 is 0 Å². The second kappa shape index (κ2) is 3.93. The van der Waals surface area contributed by atoms with Gasteiger partial charge in [-0.2, -0.15) is 8.42 Å². The van der Waals surface area contributed by atoms with E-state index in [0.717, 1.165) is 21.9 Å². The fraction of sp³-hybridized carbons (Fsp3) is 0.143. The van der Waals surface area contributed by atoms with Crippen LogP contribution < -0.4 is 0 Å². The number of fused-ring (bicyclic) bond motifs is 2. The molecule has 0 fully saturated rings. The van der Waals surface area contributed by atoms with Crippen LogP contribution in [0.2, 0.25) is 0 Å². The van der Waals surface area contributed by atoms with Crippen LogP contribution in [-0.2, 0) is 16.5 Å². The van der Waals surface area contributed by atoms with Gasteiger partial charge in [0.1, 0.15) is 5.25 Å². The maximum absolute atomic E-state index is 11.2. The largest absolute Gasteiger partial charge is 0.285 e. The van der Waals surface area contributed by atoms with Crippen molar-refractivity contribution in [3.05, 3.63) is 53.6 Å². The molecule has 0 spiro atoms. The summed E-state index contributed by atoms with van der Waals surface area (Å²) in [6.45, 7) is 0. The van der Waals surface area contributed by atoms with Crippen LogP contribution in [0.1, 0.15) is 11.1 Å². The van der Waals surface area contributed by atoms with Crippen molar-refractivity contribution in [2.45, 2.75) is 11.7 Å². The summed E-state index contributed by atoms with van der Waals surface area (Å²) in [6.07, 6.45) is 3.64.